The number of likely N-dealkylation sites (N-methyl/N-ethyl adjacent to an activating group) is 1. The molecule has 0 aliphatic carbocycles. The molecule has 2 unspecified atom stereocenters. The quantitative estimate of drug-likeness (QED) is 0.874. The summed E-state index contributed by atoms with van der Waals surface area (Å²) in [7, 11) is 1.93. The van der Waals surface area contributed by atoms with E-state index in [1.54, 1.807) is 0 Å². The van der Waals surface area contributed by atoms with Crippen molar-refractivity contribution in [2.75, 3.05) is 33.4 Å². The number of nitrogens with one attached hydrogen (secondary N) is 1. The Morgan fingerprint density at radius 2 is 2.00 bits per heavy atom. The van der Waals surface area contributed by atoms with Gasteiger partial charge in [0, 0.05) is 25.6 Å². The average molecular weight is 291 g/mol. The van der Waals surface area contributed by atoms with E-state index < -0.39 is 0 Å². The van der Waals surface area contributed by atoms with Gasteiger partial charge in [-0.25, -0.2) is 0 Å². The SMILES string of the molecule is CNC(C)Cc1noc(C(C)N2CCOCC2)n1.Cl. The number of halogens is 1. The van der Waals surface area contributed by atoms with Crippen LogP contribution in [-0.4, -0.2) is 54.4 Å². The molecule has 2 atom stereocenters. The largest absolute Gasteiger partial charge is 0.379 e. The van der Waals surface area contributed by atoms with E-state index in [4.69, 9.17) is 9.26 Å². The Morgan fingerprint density at radius 3 is 2.63 bits per heavy atom. The minimum Gasteiger partial charge on any atom is -0.379 e. The molecule has 6 nitrogen and oxygen atoms in total. The Morgan fingerprint density at radius 1 is 1.32 bits per heavy atom. The van der Waals surface area contributed by atoms with E-state index in [1.165, 1.54) is 0 Å². The summed E-state index contributed by atoms with van der Waals surface area (Å²) in [6.45, 7) is 7.60. The first kappa shape index (κ1) is 16.4. The highest BCUT2D eigenvalue weighted by Gasteiger charge is 2.23. The third kappa shape index (κ3) is 4.42. The Bertz CT molecular complexity index is 368. The molecule has 0 spiro atoms. The van der Waals surface area contributed by atoms with Crippen LogP contribution in [0, 0.1) is 0 Å². The van der Waals surface area contributed by atoms with Crippen molar-refractivity contribution >= 4 is 12.4 Å². The van der Waals surface area contributed by atoms with Crippen LogP contribution < -0.4 is 5.32 Å². The Labute approximate surface area is 120 Å². The summed E-state index contributed by atoms with van der Waals surface area (Å²) >= 11 is 0. The smallest absolute Gasteiger partial charge is 0.243 e. The fourth-order valence-electron chi connectivity index (χ4n) is 2.02. The van der Waals surface area contributed by atoms with Crippen LogP contribution in [0.15, 0.2) is 4.52 Å². The molecule has 2 heterocycles. The van der Waals surface area contributed by atoms with Gasteiger partial charge in [0.25, 0.3) is 0 Å². The van der Waals surface area contributed by atoms with Gasteiger partial charge < -0.3 is 14.6 Å². The summed E-state index contributed by atoms with van der Waals surface area (Å²) < 4.78 is 10.7. The summed E-state index contributed by atoms with van der Waals surface area (Å²) in [4.78, 5) is 6.78. The maximum absolute atomic E-state index is 5.35. The topological polar surface area (TPSA) is 63.4 Å². The van der Waals surface area contributed by atoms with Crippen LogP contribution in [0.2, 0.25) is 0 Å². The van der Waals surface area contributed by atoms with Gasteiger partial charge in [0.05, 0.1) is 19.3 Å². The maximum atomic E-state index is 5.35. The molecule has 1 aliphatic rings. The van der Waals surface area contributed by atoms with Crippen LogP contribution in [0.3, 0.4) is 0 Å². The summed E-state index contributed by atoms with van der Waals surface area (Å²) in [6, 6.07) is 0.522. The van der Waals surface area contributed by atoms with Gasteiger partial charge in [-0.15, -0.1) is 12.4 Å². The van der Waals surface area contributed by atoms with Gasteiger partial charge >= 0.3 is 0 Å². The summed E-state index contributed by atoms with van der Waals surface area (Å²) in [5.41, 5.74) is 0. The highest BCUT2D eigenvalue weighted by atomic mass is 35.5. The number of rotatable bonds is 5. The molecule has 1 saturated heterocycles. The van der Waals surface area contributed by atoms with Crippen LogP contribution >= 0.6 is 12.4 Å². The van der Waals surface area contributed by atoms with Gasteiger partial charge in [-0.05, 0) is 20.9 Å². The zero-order chi connectivity index (χ0) is 13.0. The van der Waals surface area contributed by atoms with Gasteiger partial charge in [-0.3, -0.25) is 4.90 Å². The monoisotopic (exact) mass is 290 g/mol. The van der Waals surface area contributed by atoms with Gasteiger partial charge in [-0.1, -0.05) is 5.16 Å². The number of aromatic nitrogens is 2. The molecule has 0 radical (unpaired) electrons. The normalized spacial score (nSPS) is 19.7. The Hall–Kier alpha value is -0.690. The van der Waals surface area contributed by atoms with Crippen LogP contribution in [-0.2, 0) is 11.2 Å². The standard InChI is InChI=1S/C12H22N4O2.ClH/c1-9(13-3)8-11-14-12(18-15-11)10(2)16-4-6-17-7-5-16;/h9-10,13H,4-8H2,1-3H3;1H. The molecular formula is C12H23ClN4O2. The van der Waals surface area contributed by atoms with Crippen molar-refractivity contribution in [3.63, 3.8) is 0 Å². The second-order valence-electron chi connectivity index (χ2n) is 4.77. The lowest BCUT2D eigenvalue weighted by Crippen LogP contribution is -2.38. The van der Waals surface area contributed by atoms with Crippen molar-refractivity contribution in [3.05, 3.63) is 11.7 Å². The first-order valence-corrected chi connectivity index (χ1v) is 6.52. The van der Waals surface area contributed by atoms with Crippen LogP contribution in [0.1, 0.15) is 31.6 Å². The molecule has 0 amide bonds. The minimum absolute atomic E-state index is 0. The van der Waals surface area contributed by atoms with E-state index >= 15 is 0 Å². The number of hydrogen-bond acceptors (Lipinski definition) is 6. The summed E-state index contributed by atoms with van der Waals surface area (Å²) in [5.74, 6) is 1.47. The number of ether oxygens (including phenoxy) is 1. The molecule has 0 bridgehead atoms. The number of morpholine rings is 1. The van der Waals surface area contributed by atoms with Gasteiger partial charge in [0.2, 0.25) is 5.89 Å². The third-order valence-electron chi connectivity index (χ3n) is 3.42. The predicted molar refractivity (Wildman–Crippen MR) is 74.6 cm³/mol. The average Bonchev–Trinajstić information content (AvgIpc) is 2.87. The molecule has 110 valence electrons. The molecule has 1 N–H and O–H groups in total. The molecule has 1 aliphatic heterocycles. The molecule has 19 heavy (non-hydrogen) atoms. The highest BCUT2D eigenvalue weighted by molar-refractivity contribution is 5.85. The maximum Gasteiger partial charge on any atom is 0.243 e. The first-order valence-electron chi connectivity index (χ1n) is 6.52. The van der Waals surface area contributed by atoms with E-state index in [0.29, 0.717) is 11.9 Å². The summed E-state index contributed by atoms with van der Waals surface area (Å²) in [6.07, 6.45) is 0.788. The van der Waals surface area contributed by atoms with E-state index in [-0.39, 0.29) is 18.4 Å². The van der Waals surface area contributed by atoms with Crippen molar-refractivity contribution in [3.8, 4) is 0 Å². The highest BCUT2D eigenvalue weighted by Crippen LogP contribution is 2.19. The van der Waals surface area contributed by atoms with Crippen molar-refractivity contribution in [1.82, 2.24) is 20.4 Å². The number of hydrogen-bond donors (Lipinski definition) is 1. The fraction of sp³-hybridized carbons (Fsp3) is 0.833. The van der Waals surface area contributed by atoms with Crippen molar-refractivity contribution in [2.24, 2.45) is 0 Å². The molecule has 1 aromatic rings. The van der Waals surface area contributed by atoms with Crippen LogP contribution in [0.4, 0.5) is 0 Å². The van der Waals surface area contributed by atoms with E-state index in [1.807, 2.05) is 7.05 Å². The van der Waals surface area contributed by atoms with Crippen LogP contribution in [0.25, 0.3) is 0 Å². The number of nitrogens with zero attached hydrogens (tertiary/aromatic N) is 3. The van der Waals surface area contributed by atoms with Crippen molar-refractivity contribution in [1.29, 1.82) is 0 Å². The second-order valence-corrected chi connectivity index (χ2v) is 4.77. The predicted octanol–water partition coefficient (Wildman–Crippen LogP) is 1.03. The van der Waals surface area contributed by atoms with E-state index in [9.17, 15) is 0 Å². The van der Waals surface area contributed by atoms with E-state index in [0.717, 1.165) is 38.5 Å². The Balaban J connectivity index is 0.00000180. The van der Waals surface area contributed by atoms with Gasteiger partial charge in [-0.2, -0.15) is 4.98 Å². The lowest BCUT2D eigenvalue weighted by Gasteiger charge is -2.29. The molecule has 1 fully saturated rings. The first-order chi connectivity index (χ1) is 8.70. The molecule has 2 rings (SSSR count). The Kier molecular flexibility index (Phi) is 6.71. The zero-order valence-electron chi connectivity index (χ0n) is 11.8. The van der Waals surface area contributed by atoms with Crippen molar-refractivity contribution < 1.29 is 9.26 Å². The second kappa shape index (κ2) is 7.79. The van der Waals surface area contributed by atoms with E-state index in [2.05, 4.69) is 34.2 Å². The van der Waals surface area contributed by atoms with Crippen molar-refractivity contribution in [2.45, 2.75) is 32.4 Å². The molecule has 0 saturated carbocycles. The van der Waals surface area contributed by atoms with Gasteiger partial charge in [0.1, 0.15) is 0 Å². The lowest BCUT2D eigenvalue weighted by molar-refractivity contribution is 0.0134. The molecule has 7 heteroatoms. The third-order valence-corrected chi connectivity index (χ3v) is 3.42. The van der Waals surface area contributed by atoms with Gasteiger partial charge in [0.15, 0.2) is 5.82 Å². The summed E-state index contributed by atoms with van der Waals surface area (Å²) in [5, 5.41) is 7.20. The zero-order valence-corrected chi connectivity index (χ0v) is 12.6. The molecule has 1 aromatic heterocycles. The molecular weight excluding hydrogens is 268 g/mol. The van der Waals surface area contributed by atoms with Crippen LogP contribution in [0.5, 0.6) is 0 Å². The fourth-order valence-corrected chi connectivity index (χ4v) is 2.02. The lowest BCUT2D eigenvalue weighted by atomic mass is 10.2. The molecule has 0 aromatic carbocycles. The minimum atomic E-state index is 0.